The van der Waals surface area contributed by atoms with Crippen LogP contribution in [0.5, 0.6) is 0 Å². The summed E-state index contributed by atoms with van der Waals surface area (Å²) in [6, 6.07) is 8.74. The second-order valence-corrected chi connectivity index (χ2v) is 8.70. The number of carbonyl (C=O) groups is 1. The van der Waals surface area contributed by atoms with E-state index in [9.17, 15) is 9.90 Å². The first-order chi connectivity index (χ1) is 14.5. The normalized spacial score (nSPS) is 20.9. The zero-order valence-electron chi connectivity index (χ0n) is 18.6. The number of aliphatic hydroxyl groups excluding tert-OH is 1. The van der Waals surface area contributed by atoms with Crippen LogP contribution in [0.1, 0.15) is 38.3 Å². The molecule has 0 radical (unpaired) electrons. The van der Waals surface area contributed by atoms with Crippen LogP contribution in [0.25, 0.3) is 0 Å². The molecule has 0 spiro atoms. The fourth-order valence-corrected chi connectivity index (χ4v) is 4.22. The lowest BCUT2D eigenvalue weighted by Crippen LogP contribution is -2.46. The van der Waals surface area contributed by atoms with Crippen molar-refractivity contribution < 1.29 is 9.90 Å². The van der Waals surface area contributed by atoms with Crippen LogP contribution in [0.15, 0.2) is 29.3 Å². The van der Waals surface area contributed by atoms with Crippen molar-refractivity contribution in [3.63, 3.8) is 0 Å². The first-order valence-electron chi connectivity index (χ1n) is 11.3. The number of fused-ring (bicyclic) bond motifs is 1. The summed E-state index contributed by atoms with van der Waals surface area (Å²) in [4.78, 5) is 21.0. The molecule has 2 atom stereocenters. The predicted molar refractivity (Wildman–Crippen MR) is 120 cm³/mol. The maximum Gasteiger partial charge on any atom is 0.225 e. The molecule has 166 valence electrons. The van der Waals surface area contributed by atoms with Crippen molar-refractivity contribution in [2.75, 3.05) is 39.3 Å². The highest BCUT2D eigenvalue weighted by molar-refractivity contribution is 5.81. The van der Waals surface area contributed by atoms with Crippen LogP contribution in [0.4, 0.5) is 0 Å². The summed E-state index contributed by atoms with van der Waals surface area (Å²) >= 11 is 0. The second-order valence-electron chi connectivity index (χ2n) is 8.70. The van der Waals surface area contributed by atoms with Crippen molar-refractivity contribution in [1.82, 2.24) is 20.4 Å². The summed E-state index contributed by atoms with van der Waals surface area (Å²) < 4.78 is 0. The number of β-amino-alcohol motifs (C(OH)–C–C–N with tert-alkyl or cyclic N) is 1. The zero-order chi connectivity index (χ0) is 21.5. The van der Waals surface area contributed by atoms with Gasteiger partial charge in [-0.3, -0.25) is 14.7 Å². The van der Waals surface area contributed by atoms with Gasteiger partial charge in [0.2, 0.25) is 5.91 Å². The first kappa shape index (κ1) is 22.6. The number of benzene rings is 1. The topological polar surface area (TPSA) is 80.2 Å². The van der Waals surface area contributed by atoms with E-state index in [-0.39, 0.29) is 17.9 Å². The van der Waals surface area contributed by atoms with Gasteiger partial charge in [-0.25, -0.2) is 0 Å². The molecule has 0 bridgehead atoms. The molecule has 2 aliphatic heterocycles. The molecule has 1 amide bonds. The maximum absolute atomic E-state index is 12.2. The summed E-state index contributed by atoms with van der Waals surface area (Å²) in [6.45, 7) is 11.0. The minimum atomic E-state index is -0.506. The van der Waals surface area contributed by atoms with Gasteiger partial charge in [0.15, 0.2) is 5.96 Å². The van der Waals surface area contributed by atoms with Gasteiger partial charge in [-0.1, -0.05) is 38.1 Å². The van der Waals surface area contributed by atoms with E-state index in [1.165, 1.54) is 11.1 Å². The Bertz CT molecular complexity index is 736. The maximum atomic E-state index is 12.2. The van der Waals surface area contributed by atoms with Gasteiger partial charge in [0.05, 0.1) is 12.6 Å². The highest BCUT2D eigenvalue weighted by Crippen LogP contribution is 2.18. The summed E-state index contributed by atoms with van der Waals surface area (Å²) in [6.07, 6.45) is 1.44. The van der Waals surface area contributed by atoms with E-state index in [1.807, 2.05) is 25.7 Å². The Morgan fingerprint density at radius 2 is 2.03 bits per heavy atom. The van der Waals surface area contributed by atoms with Crippen molar-refractivity contribution in [2.45, 2.75) is 52.3 Å². The first-order valence-corrected chi connectivity index (χ1v) is 11.3. The SMILES string of the molecule is CCNC(=NCC(O)CN1CCc2ccccc2C1)NC1CCN(C(=O)C(C)C)C1. The van der Waals surface area contributed by atoms with E-state index in [4.69, 9.17) is 0 Å². The smallest absolute Gasteiger partial charge is 0.225 e. The number of carbonyl (C=O) groups excluding carboxylic acids is 1. The van der Waals surface area contributed by atoms with E-state index in [0.717, 1.165) is 39.0 Å². The van der Waals surface area contributed by atoms with Gasteiger partial charge in [-0.2, -0.15) is 0 Å². The van der Waals surface area contributed by atoms with Crippen LogP contribution >= 0.6 is 0 Å². The summed E-state index contributed by atoms with van der Waals surface area (Å²) in [5.41, 5.74) is 2.78. The van der Waals surface area contributed by atoms with E-state index < -0.39 is 6.10 Å². The fraction of sp³-hybridized carbons (Fsp3) is 0.652. The molecular weight excluding hydrogens is 378 g/mol. The number of aliphatic imine (C=N–C) groups is 1. The highest BCUT2D eigenvalue weighted by Gasteiger charge is 2.28. The largest absolute Gasteiger partial charge is 0.390 e. The van der Waals surface area contributed by atoms with Crippen molar-refractivity contribution in [1.29, 1.82) is 0 Å². The number of likely N-dealkylation sites (tertiary alicyclic amines) is 1. The van der Waals surface area contributed by atoms with Gasteiger partial charge in [0.1, 0.15) is 0 Å². The molecule has 7 nitrogen and oxygen atoms in total. The van der Waals surface area contributed by atoms with E-state index in [2.05, 4.69) is 44.8 Å². The third kappa shape index (κ3) is 6.19. The number of guanidine groups is 1. The molecular formula is C23H37N5O2. The Labute approximate surface area is 180 Å². The van der Waals surface area contributed by atoms with Crippen LogP contribution in [0.3, 0.4) is 0 Å². The molecule has 7 heteroatoms. The molecule has 1 aromatic rings. The molecule has 3 rings (SSSR count). The molecule has 3 N–H and O–H groups in total. The Hall–Kier alpha value is -2.12. The van der Waals surface area contributed by atoms with Crippen molar-refractivity contribution in [3.8, 4) is 0 Å². The van der Waals surface area contributed by atoms with Gasteiger partial charge in [-0.15, -0.1) is 0 Å². The molecule has 0 saturated carbocycles. The lowest BCUT2D eigenvalue weighted by atomic mass is 10.00. The predicted octanol–water partition coefficient (Wildman–Crippen LogP) is 1.22. The molecule has 2 heterocycles. The quantitative estimate of drug-likeness (QED) is 0.461. The lowest BCUT2D eigenvalue weighted by Gasteiger charge is -2.30. The Morgan fingerprint density at radius 1 is 1.27 bits per heavy atom. The molecule has 1 aromatic carbocycles. The Balaban J connectivity index is 1.48. The molecule has 1 saturated heterocycles. The number of amides is 1. The molecule has 0 aliphatic carbocycles. The third-order valence-electron chi connectivity index (χ3n) is 5.82. The van der Waals surface area contributed by atoms with Gasteiger partial charge < -0.3 is 20.6 Å². The van der Waals surface area contributed by atoms with Crippen LogP contribution in [-0.2, 0) is 17.8 Å². The van der Waals surface area contributed by atoms with Crippen LogP contribution in [0, 0.1) is 5.92 Å². The van der Waals surface area contributed by atoms with Gasteiger partial charge >= 0.3 is 0 Å². The Kier molecular flexibility index (Phi) is 8.10. The van der Waals surface area contributed by atoms with Crippen LogP contribution < -0.4 is 10.6 Å². The Morgan fingerprint density at radius 3 is 2.77 bits per heavy atom. The van der Waals surface area contributed by atoms with E-state index in [0.29, 0.717) is 25.6 Å². The number of nitrogens with one attached hydrogen (secondary N) is 2. The molecule has 2 unspecified atom stereocenters. The standard InChI is InChI=1S/C23H37N5O2/c1-4-24-23(26-20-10-12-28(15-20)22(30)17(2)3)25-13-21(29)16-27-11-9-18-7-5-6-8-19(18)14-27/h5-8,17,20-21,29H,4,9-16H2,1-3H3,(H2,24,25,26). The number of aliphatic hydroxyl groups is 1. The van der Waals surface area contributed by atoms with Crippen molar-refractivity contribution in [2.24, 2.45) is 10.9 Å². The third-order valence-corrected chi connectivity index (χ3v) is 5.82. The highest BCUT2D eigenvalue weighted by atomic mass is 16.3. The van der Waals surface area contributed by atoms with Gasteiger partial charge in [0, 0.05) is 51.2 Å². The van der Waals surface area contributed by atoms with Crippen molar-refractivity contribution >= 4 is 11.9 Å². The van der Waals surface area contributed by atoms with Gasteiger partial charge in [0.25, 0.3) is 0 Å². The lowest BCUT2D eigenvalue weighted by molar-refractivity contribution is -0.133. The second kappa shape index (κ2) is 10.8. The van der Waals surface area contributed by atoms with E-state index >= 15 is 0 Å². The number of nitrogens with zero attached hydrogens (tertiary/aromatic N) is 3. The number of hydrogen-bond donors (Lipinski definition) is 3. The number of hydrogen-bond acceptors (Lipinski definition) is 4. The fourth-order valence-electron chi connectivity index (χ4n) is 4.22. The van der Waals surface area contributed by atoms with Crippen LogP contribution in [-0.4, -0.2) is 78.2 Å². The monoisotopic (exact) mass is 415 g/mol. The summed E-state index contributed by atoms with van der Waals surface area (Å²) in [5.74, 6) is 0.951. The zero-order valence-corrected chi connectivity index (χ0v) is 18.6. The van der Waals surface area contributed by atoms with E-state index in [1.54, 1.807) is 0 Å². The van der Waals surface area contributed by atoms with Crippen LogP contribution in [0.2, 0.25) is 0 Å². The average molecular weight is 416 g/mol. The number of rotatable bonds is 7. The van der Waals surface area contributed by atoms with Crippen molar-refractivity contribution in [3.05, 3.63) is 35.4 Å². The minimum absolute atomic E-state index is 0.0301. The summed E-state index contributed by atoms with van der Waals surface area (Å²) in [5, 5.41) is 17.2. The minimum Gasteiger partial charge on any atom is -0.390 e. The van der Waals surface area contributed by atoms with Gasteiger partial charge in [-0.05, 0) is 30.9 Å². The molecule has 30 heavy (non-hydrogen) atoms. The summed E-state index contributed by atoms with van der Waals surface area (Å²) in [7, 11) is 0. The average Bonchev–Trinajstić information content (AvgIpc) is 3.20. The molecule has 2 aliphatic rings. The molecule has 0 aromatic heterocycles. The molecule has 1 fully saturated rings.